The summed E-state index contributed by atoms with van der Waals surface area (Å²) in [7, 11) is 0. The number of aryl methyl sites for hydroxylation is 3. The average molecular weight is 272 g/mol. The molecule has 20 heavy (non-hydrogen) atoms. The first-order valence-electron chi connectivity index (χ1n) is 6.73. The number of carbonyl (C=O) groups is 1. The van der Waals surface area contributed by atoms with E-state index in [9.17, 15) is 4.79 Å². The number of hydrogen-bond acceptors (Lipinski definition) is 2. The van der Waals surface area contributed by atoms with Crippen molar-refractivity contribution >= 4 is 11.7 Å². The molecule has 0 spiro atoms. The fraction of sp³-hybridized carbons (Fsp3) is 0.333. The lowest BCUT2D eigenvalue weighted by atomic mass is 10.1. The van der Waals surface area contributed by atoms with Crippen LogP contribution in [0.2, 0.25) is 0 Å². The molecule has 0 aliphatic heterocycles. The Kier molecular flexibility index (Phi) is 4.40. The lowest BCUT2D eigenvalue weighted by Crippen LogP contribution is -2.29. The summed E-state index contributed by atoms with van der Waals surface area (Å²) in [4.78, 5) is 11.9. The maximum atomic E-state index is 11.9. The summed E-state index contributed by atoms with van der Waals surface area (Å²) in [5.41, 5.74) is 4.06. The normalized spacial score (nSPS) is 10.3. The Morgan fingerprint density at radius 1 is 1.30 bits per heavy atom. The first kappa shape index (κ1) is 14.1. The molecular formula is C15H20N4O. The Bertz CT molecular complexity index is 604. The van der Waals surface area contributed by atoms with Crippen molar-refractivity contribution in [1.29, 1.82) is 0 Å². The van der Waals surface area contributed by atoms with E-state index in [1.54, 1.807) is 6.20 Å². The molecule has 5 heteroatoms. The Morgan fingerprint density at radius 3 is 2.80 bits per heavy atom. The van der Waals surface area contributed by atoms with Gasteiger partial charge in [-0.05, 0) is 38.5 Å². The van der Waals surface area contributed by atoms with Crippen LogP contribution >= 0.6 is 0 Å². The van der Waals surface area contributed by atoms with E-state index in [1.165, 1.54) is 5.56 Å². The molecule has 106 valence electrons. The topological polar surface area (TPSA) is 59.0 Å². The third-order valence-electron chi connectivity index (χ3n) is 3.16. The number of nitrogens with one attached hydrogen (secondary N) is 2. The molecule has 2 aromatic rings. The molecule has 1 aromatic carbocycles. The molecule has 2 rings (SSSR count). The molecule has 0 unspecified atom stereocenters. The summed E-state index contributed by atoms with van der Waals surface area (Å²) in [5, 5.41) is 9.86. The second kappa shape index (κ2) is 6.23. The molecule has 2 N–H and O–H groups in total. The van der Waals surface area contributed by atoms with Crippen LogP contribution in [0.15, 0.2) is 30.5 Å². The zero-order chi connectivity index (χ0) is 14.5. The standard InChI is InChI=1S/C15H20N4O/c1-4-19-13(7-8-17-19)10-16-15(20)18-14-6-5-11(2)9-12(14)3/h5-9H,4,10H2,1-3H3,(H2,16,18,20). The third kappa shape index (κ3) is 3.38. The number of urea groups is 1. The highest BCUT2D eigenvalue weighted by Gasteiger charge is 2.06. The molecule has 0 fully saturated rings. The van der Waals surface area contributed by atoms with Crippen molar-refractivity contribution in [1.82, 2.24) is 15.1 Å². The van der Waals surface area contributed by atoms with Gasteiger partial charge in [0.15, 0.2) is 0 Å². The van der Waals surface area contributed by atoms with Crippen LogP contribution in [0.3, 0.4) is 0 Å². The summed E-state index contributed by atoms with van der Waals surface area (Å²) >= 11 is 0. The summed E-state index contributed by atoms with van der Waals surface area (Å²) < 4.78 is 1.86. The SMILES string of the molecule is CCn1nccc1CNC(=O)Nc1ccc(C)cc1C. The first-order chi connectivity index (χ1) is 9.60. The fourth-order valence-electron chi connectivity index (χ4n) is 2.09. The van der Waals surface area contributed by atoms with Crippen LogP contribution in [-0.2, 0) is 13.1 Å². The predicted molar refractivity (Wildman–Crippen MR) is 79.7 cm³/mol. The van der Waals surface area contributed by atoms with E-state index in [4.69, 9.17) is 0 Å². The monoisotopic (exact) mass is 272 g/mol. The first-order valence-corrected chi connectivity index (χ1v) is 6.73. The van der Waals surface area contributed by atoms with E-state index in [-0.39, 0.29) is 6.03 Å². The fourth-order valence-corrected chi connectivity index (χ4v) is 2.09. The van der Waals surface area contributed by atoms with Crippen molar-refractivity contribution in [2.75, 3.05) is 5.32 Å². The molecule has 0 saturated heterocycles. The Labute approximate surface area is 119 Å². The van der Waals surface area contributed by atoms with E-state index in [1.807, 2.05) is 49.7 Å². The molecule has 1 heterocycles. The largest absolute Gasteiger partial charge is 0.332 e. The third-order valence-corrected chi connectivity index (χ3v) is 3.16. The molecule has 0 radical (unpaired) electrons. The Morgan fingerprint density at radius 2 is 2.10 bits per heavy atom. The maximum absolute atomic E-state index is 11.9. The quantitative estimate of drug-likeness (QED) is 0.899. The van der Waals surface area contributed by atoms with Gasteiger partial charge >= 0.3 is 6.03 Å². The maximum Gasteiger partial charge on any atom is 0.319 e. The van der Waals surface area contributed by atoms with Crippen LogP contribution in [0.5, 0.6) is 0 Å². The van der Waals surface area contributed by atoms with Crippen LogP contribution in [0.4, 0.5) is 10.5 Å². The van der Waals surface area contributed by atoms with Crippen molar-refractivity contribution < 1.29 is 4.79 Å². The van der Waals surface area contributed by atoms with Crippen LogP contribution in [-0.4, -0.2) is 15.8 Å². The molecule has 2 amide bonds. The van der Waals surface area contributed by atoms with Gasteiger partial charge in [-0.25, -0.2) is 4.79 Å². The van der Waals surface area contributed by atoms with Gasteiger partial charge in [0.1, 0.15) is 0 Å². The van der Waals surface area contributed by atoms with Crippen molar-refractivity contribution in [3.05, 3.63) is 47.3 Å². The Balaban J connectivity index is 1.93. The second-order valence-electron chi connectivity index (χ2n) is 4.76. The lowest BCUT2D eigenvalue weighted by molar-refractivity contribution is 0.251. The minimum absolute atomic E-state index is 0.208. The van der Waals surface area contributed by atoms with Crippen molar-refractivity contribution in [3.8, 4) is 0 Å². The van der Waals surface area contributed by atoms with Crippen molar-refractivity contribution in [2.24, 2.45) is 0 Å². The lowest BCUT2D eigenvalue weighted by Gasteiger charge is -2.11. The summed E-state index contributed by atoms with van der Waals surface area (Å²) in [6.45, 7) is 7.29. The highest BCUT2D eigenvalue weighted by molar-refractivity contribution is 5.90. The van der Waals surface area contributed by atoms with Crippen LogP contribution in [0, 0.1) is 13.8 Å². The van der Waals surface area contributed by atoms with Gasteiger partial charge in [0.05, 0.1) is 12.2 Å². The molecular weight excluding hydrogens is 252 g/mol. The molecule has 0 aliphatic rings. The van der Waals surface area contributed by atoms with E-state index in [0.717, 1.165) is 23.5 Å². The Hall–Kier alpha value is -2.30. The van der Waals surface area contributed by atoms with Gasteiger partial charge in [0.25, 0.3) is 0 Å². The number of anilines is 1. The molecule has 0 aliphatic carbocycles. The number of amides is 2. The van der Waals surface area contributed by atoms with Crippen LogP contribution in [0.25, 0.3) is 0 Å². The zero-order valence-electron chi connectivity index (χ0n) is 12.1. The molecule has 0 bridgehead atoms. The van der Waals surface area contributed by atoms with E-state index >= 15 is 0 Å². The predicted octanol–water partition coefficient (Wildman–Crippen LogP) is 2.84. The number of rotatable bonds is 4. The van der Waals surface area contributed by atoms with E-state index in [0.29, 0.717) is 6.54 Å². The van der Waals surface area contributed by atoms with Gasteiger partial charge in [-0.3, -0.25) is 4.68 Å². The van der Waals surface area contributed by atoms with Gasteiger partial charge in [-0.1, -0.05) is 17.7 Å². The number of hydrogen-bond donors (Lipinski definition) is 2. The highest BCUT2D eigenvalue weighted by atomic mass is 16.2. The molecule has 1 aromatic heterocycles. The van der Waals surface area contributed by atoms with Gasteiger partial charge < -0.3 is 10.6 Å². The average Bonchev–Trinajstić information content (AvgIpc) is 2.87. The number of benzene rings is 1. The summed E-state index contributed by atoms with van der Waals surface area (Å²) in [6, 6.07) is 7.64. The van der Waals surface area contributed by atoms with Crippen molar-refractivity contribution in [2.45, 2.75) is 33.9 Å². The summed E-state index contributed by atoms with van der Waals surface area (Å²) in [5.74, 6) is 0. The number of aromatic nitrogens is 2. The van der Waals surface area contributed by atoms with Gasteiger partial charge in [-0.15, -0.1) is 0 Å². The number of nitrogens with zero attached hydrogens (tertiary/aromatic N) is 2. The van der Waals surface area contributed by atoms with Gasteiger partial charge in [0.2, 0.25) is 0 Å². The minimum atomic E-state index is -0.208. The zero-order valence-corrected chi connectivity index (χ0v) is 12.1. The highest BCUT2D eigenvalue weighted by Crippen LogP contribution is 2.15. The van der Waals surface area contributed by atoms with E-state index in [2.05, 4.69) is 15.7 Å². The minimum Gasteiger partial charge on any atom is -0.332 e. The van der Waals surface area contributed by atoms with Crippen molar-refractivity contribution in [3.63, 3.8) is 0 Å². The molecule has 5 nitrogen and oxygen atoms in total. The van der Waals surface area contributed by atoms with Gasteiger partial charge in [0, 0.05) is 18.4 Å². The summed E-state index contributed by atoms with van der Waals surface area (Å²) in [6.07, 6.45) is 1.74. The van der Waals surface area contributed by atoms with Crippen LogP contribution in [0.1, 0.15) is 23.7 Å². The van der Waals surface area contributed by atoms with E-state index < -0.39 is 0 Å². The molecule has 0 atom stereocenters. The molecule has 0 saturated carbocycles. The number of carbonyl (C=O) groups excluding carboxylic acids is 1. The smallest absolute Gasteiger partial charge is 0.319 e. The van der Waals surface area contributed by atoms with Gasteiger partial charge in [-0.2, -0.15) is 5.10 Å². The van der Waals surface area contributed by atoms with Crippen LogP contribution < -0.4 is 10.6 Å². The second-order valence-corrected chi connectivity index (χ2v) is 4.76.